The SMILES string of the molecule is CCC(C)c1cccc(C(C)CC)c1-n1c(-c2[c-]ccc(-c3ccccc3)c2)nc2ccccc21.Cc1ccc2c(n1)oc1c(-c3ccc([Si](C)(C)C)cn3)[c-]ccc12.[Ir]. The molecule has 7 heteroatoms. The topological polar surface area (TPSA) is 56.7 Å². The summed E-state index contributed by atoms with van der Waals surface area (Å²) in [6, 6.07) is 51.3. The fourth-order valence-corrected chi connectivity index (χ4v) is 8.84. The summed E-state index contributed by atoms with van der Waals surface area (Å²) in [7, 11) is -1.35. The average Bonchev–Trinajstić information content (AvgIpc) is 3.84. The van der Waals surface area contributed by atoms with Crippen molar-refractivity contribution in [2.75, 3.05) is 0 Å². The van der Waals surface area contributed by atoms with Gasteiger partial charge in [-0.15, -0.1) is 53.6 Å². The van der Waals surface area contributed by atoms with Crippen LogP contribution >= 0.6 is 0 Å². The second-order valence-corrected chi connectivity index (χ2v) is 21.8. The number of fused-ring (bicyclic) bond motifs is 4. The molecule has 2 unspecified atom stereocenters. The van der Waals surface area contributed by atoms with Gasteiger partial charge in [-0.1, -0.05) is 131 Å². The fourth-order valence-electron chi connectivity index (χ4n) is 7.80. The van der Waals surface area contributed by atoms with Crippen molar-refractivity contribution < 1.29 is 24.5 Å². The van der Waals surface area contributed by atoms with Crippen LogP contribution in [-0.2, 0) is 20.1 Å². The van der Waals surface area contributed by atoms with Crippen molar-refractivity contribution >= 4 is 46.4 Å². The molecule has 4 heterocycles. The van der Waals surface area contributed by atoms with Crippen molar-refractivity contribution in [1.82, 2.24) is 19.5 Å². The summed E-state index contributed by atoms with van der Waals surface area (Å²) >= 11 is 0. The summed E-state index contributed by atoms with van der Waals surface area (Å²) in [5.74, 6) is 1.84. The molecule has 0 fully saturated rings. The third-order valence-corrected chi connectivity index (χ3v) is 13.7. The third-order valence-electron chi connectivity index (χ3n) is 11.6. The van der Waals surface area contributed by atoms with E-state index in [0.29, 0.717) is 17.5 Å². The Morgan fingerprint density at radius 2 is 1.40 bits per heavy atom. The van der Waals surface area contributed by atoms with Crippen molar-refractivity contribution in [3.63, 3.8) is 0 Å². The van der Waals surface area contributed by atoms with E-state index in [0.717, 1.165) is 68.6 Å². The predicted molar refractivity (Wildman–Crippen MR) is 249 cm³/mol. The molecule has 1 radical (unpaired) electrons. The Balaban J connectivity index is 0.000000191. The van der Waals surface area contributed by atoms with Crippen LogP contribution < -0.4 is 5.19 Å². The standard InChI is InChI=1S/C33H33N2.C20H19N2OSi.Ir/c1-5-23(3)28-18-13-19-29(24(4)6-2)32(28)35-31-21-11-10-20-30(31)34-33(35)27-17-12-16-26(22-27)25-14-8-7-9-15-25;1-13-8-10-16-15-6-5-7-17(19(15)23-20(16)22-13)18-11-9-14(12-21-18)24(2,3)4;/h7-16,18-24H,5-6H2,1-4H3;5-6,8-12H,1-4H3;/q2*-1;. The normalized spacial score (nSPS) is 12.5. The van der Waals surface area contributed by atoms with Gasteiger partial charge < -0.3 is 14.0 Å². The Bertz CT molecular complexity index is 2860. The summed E-state index contributed by atoms with van der Waals surface area (Å²) < 4.78 is 8.44. The van der Waals surface area contributed by atoms with Gasteiger partial charge in [-0.25, -0.2) is 4.98 Å². The first-order valence-electron chi connectivity index (χ1n) is 20.9. The fraction of sp³-hybridized carbons (Fsp3) is 0.226. The summed E-state index contributed by atoms with van der Waals surface area (Å²) in [4.78, 5) is 14.4. The molecule has 0 aliphatic rings. The quantitative estimate of drug-likeness (QED) is 0.107. The van der Waals surface area contributed by atoms with Crippen LogP contribution in [0, 0.1) is 19.1 Å². The number of pyridine rings is 2. The Morgan fingerprint density at radius 3 is 2.08 bits per heavy atom. The Hall–Kier alpha value is -5.46. The number of rotatable bonds is 9. The third kappa shape index (κ3) is 8.45. The van der Waals surface area contributed by atoms with Crippen LogP contribution in [0.4, 0.5) is 0 Å². The average molecular weight is 981 g/mol. The molecule has 4 aromatic heterocycles. The Morgan fingerprint density at radius 1 is 0.700 bits per heavy atom. The van der Waals surface area contributed by atoms with E-state index >= 15 is 0 Å². The molecule has 0 spiro atoms. The Kier molecular flexibility index (Phi) is 12.8. The van der Waals surface area contributed by atoms with E-state index in [2.05, 4.69) is 177 Å². The van der Waals surface area contributed by atoms with E-state index in [-0.39, 0.29) is 20.1 Å². The van der Waals surface area contributed by atoms with Gasteiger partial charge in [-0.05, 0) is 83.4 Å². The first-order valence-corrected chi connectivity index (χ1v) is 24.4. The minimum Gasteiger partial charge on any atom is -0.486 e. The molecule has 0 aliphatic carbocycles. The van der Waals surface area contributed by atoms with Gasteiger partial charge in [0.05, 0.1) is 30.5 Å². The number of benzene rings is 5. The van der Waals surface area contributed by atoms with E-state index in [1.54, 1.807) is 0 Å². The van der Waals surface area contributed by atoms with Crippen molar-refractivity contribution in [3.05, 3.63) is 163 Å². The molecule has 5 nitrogen and oxygen atoms in total. The van der Waals surface area contributed by atoms with Crippen LogP contribution in [0.2, 0.25) is 19.6 Å². The number of hydrogen-bond acceptors (Lipinski definition) is 4. The van der Waals surface area contributed by atoms with Crippen molar-refractivity contribution in [2.45, 2.75) is 78.9 Å². The van der Waals surface area contributed by atoms with Crippen LogP contribution in [0.1, 0.15) is 69.2 Å². The van der Waals surface area contributed by atoms with Crippen LogP contribution in [0.25, 0.3) is 72.6 Å². The van der Waals surface area contributed by atoms with Gasteiger partial charge in [0.2, 0.25) is 5.71 Å². The van der Waals surface area contributed by atoms with Gasteiger partial charge in [-0.2, -0.15) is 0 Å². The zero-order valence-corrected chi connectivity index (χ0v) is 39.2. The molecule has 60 heavy (non-hydrogen) atoms. The number of imidazole rings is 1. The van der Waals surface area contributed by atoms with Crippen LogP contribution in [0.15, 0.2) is 138 Å². The van der Waals surface area contributed by atoms with Crippen LogP contribution in [0.5, 0.6) is 0 Å². The molecule has 0 saturated heterocycles. The van der Waals surface area contributed by atoms with Gasteiger partial charge in [0.25, 0.3) is 0 Å². The molecular weight excluding hydrogens is 929 g/mol. The van der Waals surface area contributed by atoms with Gasteiger partial charge in [0, 0.05) is 43.1 Å². The molecule has 305 valence electrons. The maximum absolute atomic E-state index is 6.04. The number of para-hydroxylation sites is 3. The molecule has 0 N–H and O–H groups in total. The molecule has 0 aliphatic heterocycles. The summed E-state index contributed by atoms with van der Waals surface area (Å²) in [5, 5.41) is 3.44. The van der Waals surface area contributed by atoms with Gasteiger partial charge >= 0.3 is 0 Å². The molecule has 0 bridgehead atoms. The molecule has 9 aromatic rings. The maximum atomic E-state index is 6.04. The van der Waals surface area contributed by atoms with Gasteiger partial charge in [-0.3, -0.25) is 4.98 Å². The number of nitrogens with zero attached hydrogens (tertiary/aromatic N) is 4. The van der Waals surface area contributed by atoms with E-state index in [1.165, 1.54) is 33.1 Å². The van der Waals surface area contributed by atoms with Crippen LogP contribution in [-0.4, -0.2) is 27.6 Å². The number of hydrogen-bond donors (Lipinski definition) is 0. The smallest absolute Gasteiger partial charge is 0.216 e. The number of furan rings is 1. The van der Waals surface area contributed by atoms with Crippen molar-refractivity contribution in [2.24, 2.45) is 0 Å². The van der Waals surface area contributed by atoms with Crippen LogP contribution in [0.3, 0.4) is 0 Å². The first kappa shape index (κ1) is 42.7. The maximum Gasteiger partial charge on any atom is 0.216 e. The molecule has 0 amide bonds. The zero-order chi connectivity index (χ0) is 41.3. The molecule has 0 saturated carbocycles. The largest absolute Gasteiger partial charge is 0.486 e. The second kappa shape index (κ2) is 18.0. The summed E-state index contributed by atoms with van der Waals surface area (Å²) in [6.07, 6.45) is 4.18. The van der Waals surface area contributed by atoms with Gasteiger partial charge in [0.15, 0.2) is 0 Å². The molecule has 9 rings (SSSR count). The minimum atomic E-state index is -1.35. The van der Waals surface area contributed by atoms with E-state index in [9.17, 15) is 0 Å². The monoisotopic (exact) mass is 981 g/mol. The van der Waals surface area contributed by atoms with E-state index < -0.39 is 8.07 Å². The Labute approximate surface area is 369 Å². The molecule has 2 atom stereocenters. The minimum absolute atomic E-state index is 0. The molecular formula is C53H52IrN4OSi-2. The summed E-state index contributed by atoms with van der Waals surface area (Å²) in [5.41, 5.74) is 13.8. The van der Waals surface area contributed by atoms with E-state index in [1.807, 2.05) is 37.4 Å². The summed E-state index contributed by atoms with van der Waals surface area (Å²) in [6.45, 7) is 18.1. The van der Waals surface area contributed by atoms with Crippen molar-refractivity contribution in [1.29, 1.82) is 0 Å². The van der Waals surface area contributed by atoms with Crippen molar-refractivity contribution in [3.8, 4) is 39.5 Å². The second-order valence-electron chi connectivity index (χ2n) is 16.7. The number of aryl methyl sites for hydroxylation is 1. The van der Waals surface area contributed by atoms with Gasteiger partial charge in [0.1, 0.15) is 0 Å². The van der Waals surface area contributed by atoms with E-state index in [4.69, 9.17) is 9.40 Å². The molecule has 5 aromatic carbocycles. The number of aromatic nitrogens is 4. The predicted octanol–water partition coefficient (Wildman–Crippen LogP) is 13.9. The zero-order valence-electron chi connectivity index (χ0n) is 35.8. The first-order chi connectivity index (χ1) is 28.5.